The van der Waals surface area contributed by atoms with Gasteiger partial charge in [-0.05, 0) is 24.6 Å². The molecule has 19 heavy (non-hydrogen) atoms. The number of likely N-dealkylation sites (N-methyl/N-ethyl adjacent to an activating group) is 1. The first kappa shape index (κ1) is 15.3. The van der Waals surface area contributed by atoms with Gasteiger partial charge in [-0.15, -0.1) is 0 Å². The molecule has 106 valence electrons. The third kappa shape index (κ3) is 6.13. The van der Waals surface area contributed by atoms with Crippen LogP contribution >= 0.6 is 0 Å². The highest BCUT2D eigenvalue weighted by Gasteiger charge is 2.28. The number of carbonyl (C=O) groups is 1. The van der Waals surface area contributed by atoms with Crippen molar-refractivity contribution < 1.29 is 22.7 Å². The minimum atomic E-state index is -4.26. The quantitative estimate of drug-likeness (QED) is 0.827. The molecule has 3 nitrogen and oxygen atoms in total. The Balaban J connectivity index is 2.38. The van der Waals surface area contributed by atoms with Gasteiger partial charge in [0.15, 0.2) is 6.61 Å². The van der Waals surface area contributed by atoms with Crippen molar-refractivity contribution in [1.82, 2.24) is 4.90 Å². The monoisotopic (exact) mass is 275 g/mol. The number of hydrogen-bond donors (Lipinski definition) is 0. The summed E-state index contributed by atoms with van der Waals surface area (Å²) in [5, 5.41) is 0. The molecule has 0 spiro atoms. The molecule has 1 aromatic rings. The Morgan fingerprint density at radius 2 is 2.05 bits per heavy atom. The third-order valence-electron chi connectivity index (χ3n) is 2.51. The number of benzene rings is 1. The minimum Gasteiger partial charge on any atom is -0.484 e. The van der Waals surface area contributed by atoms with E-state index in [4.69, 9.17) is 4.74 Å². The Bertz CT molecular complexity index is 432. The summed E-state index contributed by atoms with van der Waals surface area (Å²) in [6, 6.07) is 7.10. The Morgan fingerprint density at radius 1 is 1.37 bits per heavy atom. The molecule has 0 aromatic heterocycles. The molecule has 0 saturated heterocycles. The number of rotatable bonds is 5. The summed E-state index contributed by atoms with van der Waals surface area (Å²) < 4.78 is 41.2. The fourth-order valence-corrected chi connectivity index (χ4v) is 1.38. The SMILES string of the molecule is Cc1cccc(OCC(=O)N(C)CCC(F)(F)F)c1. The molecule has 0 aliphatic heterocycles. The van der Waals surface area contributed by atoms with E-state index >= 15 is 0 Å². The number of amides is 1. The van der Waals surface area contributed by atoms with Crippen LogP contribution in [0.15, 0.2) is 24.3 Å². The lowest BCUT2D eigenvalue weighted by molar-refractivity contribution is -0.145. The number of alkyl halides is 3. The lowest BCUT2D eigenvalue weighted by Crippen LogP contribution is -2.34. The molecule has 1 amide bonds. The van der Waals surface area contributed by atoms with Crippen LogP contribution in [-0.4, -0.2) is 37.2 Å². The number of aryl methyl sites for hydroxylation is 1. The molecule has 1 aromatic carbocycles. The van der Waals surface area contributed by atoms with Crippen LogP contribution < -0.4 is 4.74 Å². The van der Waals surface area contributed by atoms with Gasteiger partial charge in [-0.1, -0.05) is 12.1 Å². The molecule has 0 atom stereocenters. The van der Waals surface area contributed by atoms with E-state index in [0.717, 1.165) is 10.5 Å². The van der Waals surface area contributed by atoms with E-state index < -0.39 is 18.5 Å². The minimum absolute atomic E-state index is 0.266. The third-order valence-corrected chi connectivity index (χ3v) is 2.51. The standard InChI is InChI=1S/C13H16F3NO2/c1-10-4-3-5-11(8-10)19-9-12(18)17(2)7-6-13(14,15)16/h3-5,8H,6-7,9H2,1-2H3. The lowest BCUT2D eigenvalue weighted by atomic mass is 10.2. The average Bonchev–Trinajstić information content (AvgIpc) is 2.32. The van der Waals surface area contributed by atoms with Crippen molar-refractivity contribution in [3.8, 4) is 5.75 Å². The molecule has 0 aliphatic rings. The van der Waals surface area contributed by atoms with Crippen LogP contribution in [0.25, 0.3) is 0 Å². The summed E-state index contributed by atoms with van der Waals surface area (Å²) in [6.45, 7) is 1.25. The molecule has 0 N–H and O–H groups in total. The topological polar surface area (TPSA) is 29.5 Å². The highest BCUT2D eigenvalue weighted by Crippen LogP contribution is 2.19. The molecule has 0 heterocycles. The zero-order valence-corrected chi connectivity index (χ0v) is 10.8. The summed E-state index contributed by atoms with van der Waals surface area (Å²) in [4.78, 5) is 12.6. The number of carbonyl (C=O) groups excluding carboxylic acids is 1. The van der Waals surface area contributed by atoms with Crippen molar-refractivity contribution in [3.63, 3.8) is 0 Å². The van der Waals surface area contributed by atoms with Crippen LogP contribution in [0.3, 0.4) is 0 Å². The second kappa shape index (κ2) is 6.45. The molecule has 6 heteroatoms. The van der Waals surface area contributed by atoms with Crippen molar-refractivity contribution in [2.45, 2.75) is 19.5 Å². The Hall–Kier alpha value is -1.72. The summed E-state index contributed by atoms with van der Waals surface area (Å²) in [5.74, 6) is 0.0447. The van der Waals surface area contributed by atoms with Crippen LogP contribution in [0.4, 0.5) is 13.2 Å². The van der Waals surface area contributed by atoms with Crippen LogP contribution in [0, 0.1) is 6.92 Å². The van der Waals surface area contributed by atoms with E-state index in [1.807, 2.05) is 13.0 Å². The van der Waals surface area contributed by atoms with Crippen molar-refractivity contribution in [2.75, 3.05) is 20.2 Å². The van der Waals surface area contributed by atoms with E-state index in [2.05, 4.69) is 0 Å². The second-order valence-electron chi connectivity index (χ2n) is 4.29. The Kier molecular flexibility index (Phi) is 5.20. The fourth-order valence-electron chi connectivity index (χ4n) is 1.38. The van der Waals surface area contributed by atoms with E-state index in [1.165, 1.54) is 7.05 Å². The Morgan fingerprint density at radius 3 is 2.63 bits per heavy atom. The number of halogens is 3. The summed E-state index contributed by atoms with van der Waals surface area (Å²) >= 11 is 0. The van der Waals surface area contributed by atoms with Crippen LogP contribution in [0.2, 0.25) is 0 Å². The molecule has 0 bridgehead atoms. The Labute approximate surface area is 110 Å². The van der Waals surface area contributed by atoms with E-state index in [1.54, 1.807) is 18.2 Å². The highest BCUT2D eigenvalue weighted by molar-refractivity contribution is 5.77. The van der Waals surface area contributed by atoms with Gasteiger partial charge >= 0.3 is 6.18 Å². The van der Waals surface area contributed by atoms with E-state index in [-0.39, 0.29) is 13.2 Å². The van der Waals surface area contributed by atoms with Crippen LogP contribution in [-0.2, 0) is 4.79 Å². The fraction of sp³-hybridized carbons (Fsp3) is 0.462. The predicted octanol–water partition coefficient (Wildman–Crippen LogP) is 2.78. The van der Waals surface area contributed by atoms with Gasteiger partial charge in [0.05, 0.1) is 6.42 Å². The summed E-state index contributed by atoms with van der Waals surface area (Å²) in [6.07, 6.45) is -5.27. The maximum absolute atomic E-state index is 12.0. The molecule has 1 rings (SSSR count). The van der Waals surface area contributed by atoms with Crippen molar-refractivity contribution in [1.29, 1.82) is 0 Å². The summed E-state index contributed by atoms with van der Waals surface area (Å²) in [7, 11) is 1.33. The number of nitrogens with zero attached hydrogens (tertiary/aromatic N) is 1. The van der Waals surface area contributed by atoms with E-state index in [0.29, 0.717) is 5.75 Å². The molecule has 0 unspecified atom stereocenters. The maximum Gasteiger partial charge on any atom is 0.390 e. The van der Waals surface area contributed by atoms with Crippen molar-refractivity contribution >= 4 is 5.91 Å². The van der Waals surface area contributed by atoms with Gasteiger partial charge in [-0.25, -0.2) is 0 Å². The second-order valence-corrected chi connectivity index (χ2v) is 4.29. The van der Waals surface area contributed by atoms with Crippen LogP contribution in [0.5, 0.6) is 5.75 Å². The predicted molar refractivity (Wildman–Crippen MR) is 65.0 cm³/mol. The van der Waals surface area contributed by atoms with Gasteiger partial charge in [-0.2, -0.15) is 13.2 Å². The van der Waals surface area contributed by atoms with Gasteiger partial charge in [0.1, 0.15) is 5.75 Å². The average molecular weight is 275 g/mol. The lowest BCUT2D eigenvalue weighted by Gasteiger charge is -2.18. The summed E-state index contributed by atoms with van der Waals surface area (Å²) in [5.41, 5.74) is 0.982. The number of hydrogen-bond acceptors (Lipinski definition) is 2. The normalized spacial score (nSPS) is 11.2. The molecular weight excluding hydrogens is 259 g/mol. The largest absolute Gasteiger partial charge is 0.484 e. The zero-order chi connectivity index (χ0) is 14.5. The van der Waals surface area contributed by atoms with Crippen molar-refractivity contribution in [3.05, 3.63) is 29.8 Å². The van der Waals surface area contributed by atoms with Gasteiger partial charge in [0, 0.05) is 13.6 Å². The first-order valence-corrected chi connectivity index (χ1v) is 5.78. The first-order valence-electron chi connectivity index (χ1n) is 5.78. The molecule has 0 aliphatic carbocycles. The maximum atomic E-state index is 12.0. The molecule has 0 saturated carbocycles. The van der Waals surface area contributed by atoms with Gasteiger partial charge in [-0.3, -0.25) is 4.79 Å². The van der Waals surface area contributed by atoms with Gasteiger partial charge in [0.2, 0.25) is 0 Å². The molecular formula is C13H16F3NO2. The smallest absolute Gasteiger partial charge is 0.390 e. The molecule has 0 fully saturated rings. The zero-order valence-electron chi connectivity index (χ0n) is 10.8. The van der Waals surface area contributed by atoms with Gasteiger partial charge in [0.25, 0.3) is 5.91 Å². The van der Waals surface area contributed by atoms with Gasteiger partial charge < -0.3 is 9.64 Å². The first-order chi connectivity index (χ1) is 8.78. The highest BCUT2D eigenvalue weighted by atomic mass is 19.4. The van der Waals surface area contributed by atoms with E-state index in [9.17, 15) is 18.0 Å². The number of ether oxygens (including phenoxy) is 1. The van der Waals surface area contributed by atoms with Crippen molar-refractivity contribution in [2.24, 2.45) is 0 Å². The molecule has 0 radical (unpaired) electrons. The van der Waals surface area contributed by atoms with Crippen LogP contribution in [0.1, 0.15) is 12.0 Å².